The quantitative estimate of drug-likeness (QED) is 0.0222. The number of carboxylic acids is 2. The zero-order valence-corrected chi connectivity index (χ0v) is 34.8. The topological polar surface area (TPSA) is 380 Å². The number of nitrogens with two attached hydrogens (primary N) is 3. The fraction of sp³-hybridized carbons (Fsp3) is 0.714. The van der Waals surface area contributed by atoms with Crippen LogP contribution in [0.1, 0.15) is 72.6 Å². The lowest BCUT2D eigenvalue weighted by atomic mass is 10.0. The van der Waals surface area contributed by atoms with Gasteiger partial charge in [0.05, 0.1) is 12.6 Å². The number of likely N-dealkylation sites (tertiary alicyclic amines) is 1. The van der Waals surface area contributed by atoms with Crippen molar-refractivity contribution < 1.29 is 58.5 Å². The second kappa shape index (κ2) is 26.0. The average Bonchev–Trinajstić information content (AvgIpc) is 3.67. The molecule has 8 atom stereocenters. The molecule has 7 amide bonds. The van der Waals surface area contributed by atoms with Crippen LogP contribution in [0.3, 0.4) is 0 Å². The number of nitrogens with zero attached hydrogens (tertiary/aromatic N) is 2. The molecule has 0 aromatic rings. The Morgan fingerprint density at radius 2 is 1.31 bits per heavy atom. The number of amides is 7. The number of carbonyl (C=O) groups excluding carboxylic acids is 7. The van der Waals surface area contributed by atoms with E-state index in [-0.39, 0.29) is 57.1 Å². The van der Waals surface area contributed by atoms with Crippen LogP contribution in [0, 0.1) is 5.92 Å². The minimum atomic E-state index is -1.50. The molecule has 0 aliphatic carbocycles. The first-order chi connectivity index (χ1) is 27.6. The number of carboxylic acid groups (broad SMARTS) is 2. The lowest BCUT2D eigenvalue weighted by Gasteiger charge is -2.29. The van der Waals surface area contributed by atoms with Gasteiger partial charge in [-0.3, -0.25) is 43.3 Å². The SMILES string of the molecule is CSCCC(NC(=O)C(CCCN=C(N)N)NC(=O)C(C)NC(=O)C(CO)NC(=O)C(N)C(C)C)C(=O)NC(C)C(=O)N1CCCC1C(=O)NC(CCC(=O)O)C(=O)O. The zero-order chi connectivity index (χ0) is 45.0. The number of rotatable bonds is 26. The lowest BCUT2D eigenvalue weighted by molar-refractivity contribution is -0.145. The third kappa shape index (κ3) is 18.1. The van der Waals surface area contributed by atoms with Gasteiger partial charge in [0.1, 0.15) is 42.3 Å². The molecule has 59 heavy (non-hydrogen) atoms. The minimum absolute atomic E-state index is 0.0271. The highest BCUT2D eigenvalue weighted by Crippen LogP contribution is 2.19. The van der Waals surface area contributed by atoms with Crippen molar-refractivity contribution in [2.45, 2.75) is 121 Å². The molecule has 1 rings (SSSR count). The summed E-state index contributed by atoms with van der Waals surface area (Å²) >= 11 is 1.37. The van der Waals surface area contributed by atoms with Crippen LogP contribution in [0.15, 0.2) is 4.99 Å². The molecule has 0 bridgehead atoms. The third-order valence-corrected chi connectivity index (χ3v) is 9.88. The van der Waals surface area contributed by atoms with Crippen molar-refractivity contribution in [2.24, 2.45) is 28.1 Å². The molecule has 1 saturated heterocycles. The van der Waals surface area contributed by atoms with E-state index >= 15 is 0 Å². The van der Waals surface area contributed by atoms with Gasteiger partial charge in [0.2, 0.25) is 41.4 Å². The summed E-state index contributed by atoms with van der Waals surface area (Å²) in [6, 6.07) is -9.95. The lowest BCUT2D eigenvalue weighted by Crippen LogP contribution is -2.60. The summed E-state index contributed by atoms with van der Waals surface area (Å²) in [6.45, 7) is 5.48. The van der Waals surface area contributed by atoms with E-state index in [2.05, 4.69) is 36.9 Å². The van der Waals surface area contributed by atoms with Crippen molar-refractivity contribution in [3.63, 3.8) is 0 Å². The van der Waals surface area contributed by atoms with Gasteiger partial charge in [-0.15, -0.1) is 0 Å². The molecule has 15 N–H and O–H groups in total. The summed E-state index contributed by atoms with van der Waals surface area (Å²) in [5.74, 6) is -8.17. The predicted molar refractivity (Wildman–Crippen MR) is 215 cm³/mol. The highest BCUT2D eigenvalue weighted by Gasteiger charge is 2.39. The number of hydrogen-bond donors (Lipinski definition) is 12. The fourth-order valence-corrected chi connectivity index (χ4v) is 6.18. The first kappa shape index (κ1) is 51.8. The van der Waals surface area contributed by atoms with Gasteiger partial charge in [-0.05, 0) is 70.3 Å². The normalized spacial score (nSPS) is 17.2. The highest BCUT2D eigenvalue weighted by atomic mass is 32.2. The molecule has 1 heterocycles. The Hall–Kier alpha value is -5.23. The molecular weight excluding hydrogens is 799 g/mol. The van der Waals surface area contributed by atoms with E-state index in [1.807, 2.05) is 0 Å². The van der Waals surface area contributed by atoms with Crippen molar-refractivity contribution in [3.05, 3.63) is 0 Å². The smallest absolute Gasteiger partial charge is 0.326 e. The van der Waals surface area contributed by atoms with Crippen LogP contribution < -0.4 is 49.1 Å². The summed E-state index contributed by atoms with van der Waals surface area (Å²) in [7, 11) is 0. The summed E-state index contributed by atoms with van der Waals surface area (Å²) < 4.78 is 0. The van der Waals surface area contributed by atoms with Crippen LogP contribution >= 0.6 is 11.8 Å². The summed E-state index contributed by atoms with van der Waals surface area (Å²) in [5, 5.41) is 42.8. The van der Waals surface area contributed by atoms with Crippen molar-refractivity contribution in [2.75, 3.05) is 31.7 Å². The Morgan fingerprint density at radius 1 is 0.746 bits per heavy atom. The molecule has 334 valence electrons. The Labute approximate surface area is 346 Å². The van der Waals surface area contributed by atoms with E-state index in [4.69, 9.17) is 22.3 Å². The van der Waals surface area contributed by atoms with E-state index in [0.29, 0.717) is 12.2 Å². The molecule has 0 aromatic carbocycles. The number of aliphatic carboxylic acids is 2. The molecule has 23 nitrogen and oxygen atoms in total. The zero-order valence-electron chi connectivity index (χ0n) is 34.0. The van der Waals surface area contributed by atoms with E-state index in [0.717, 1.165) is 0 Å². The van der Waals surface area contributed by atoms with Crippen molar-refractivity contribution in [3.8, 4) is 0 Å². The fourth-order valence-electron chi connectivity index (χ4n) is 5.71. The van der Waals surface area contributed by atoms with Gasteiger partial charge < -0.3 is 69.3 Å². The Morgan fingerprint density at radius 3 is 1.86 bits per heavy atom. The summed E-state index contributed by atoms with van der Waals surface area (Å²) in [5.41, 5.74) is 16.6. The standard InChI is InChI=1S/C35H61N11O12S/c1-17(2)26(36)32(55)45-23(16-47)30(53)40-18(3)27(50)42-20(8-6-13-39-35(37)38)29(52)43-21(12-15-59-5)28(51)41-19(4)33(56)46-14-7-9-24(46)31(54)44-22(34(57)58)10-11-25(48)49/h17-24,26,47H,6-16,36H2,1-5H3,(H,40,53)(H,41,51)(H,42,50)(H,43,52)(H,44,54)(H,45,55)(H,48,49)(H,57,58)(H4,37,38,39). The summed E-state index contributed by atoms with van der Waals surface area (Å²) in [4.78, 5) is 120. The van der Waals surface area contributed by atoms with Gasteiger partial charge in [-0.25, -0.2) is 4.79 Å². The Bertz CT molecular complexity index is 1530. The minimum Gasteiger partial charge on any atom is -0.481 e. The average molecular weight is 860 g/mol. The molecule has 24 heteroatoms. The number of thioether (sulfide) groups is 1. The Balaban J connectivity index is 3.12. The molecule has 8 unspecified atom stereocenters. The number of aliphatic imine (C=N–C) groups is 1. The number of carbonyl (C=O) groups is 9. The van der Waals surface area contributed by atoms with Crippen LogP contribution in [-0.2, 0) is 43.2 Å². The molecule has 1 aliphatic rings. The summed E-state index contributed by atoms with van der Waals surface area (Å²) in [6.07, 6.45) is 1.74. The van der Waals surface area contributed by atoms with E-state index in [1.54, 1.807) is 20.1 Å². The van der Waals surface area contributed by atoms with Crippen LogP contribution in [0.4, 0.5) is 0 Å². The number of nitrogens with one attached hydrogen (secondary N) is 6. The van der Waals surface area contributed by atoms with Gasteiger partial charge in [-0.2, -0.15) is 11.8 Å². The molecule has 0 spiro atoms. The van der Waals surface area contributed by atoms with Gasteiger partial charge >= 0.3 is 11.9 Å². The van der Waals surface area contributed by atoms with Crippen molar-refractivity contribution in [1.82, 2.24) is 36.8 Å². The van der Waals surface area contributed by atoms with Crippen molar-refractivity contribution in [1.29, 1.82) is 0 Å². The molecule has 1 aliphatic heterocycles. The Kier molecular flexibility index (Phi) is 22.8. The maximum absolute atomic E-state index is 13.7. The highest BCUT2D eigenvalue weighted by molar-refractivity contribution is 7.98. The number of aliphatic hydroxyl groups is 1. The molecule has 1 fully saturated rings. The first-order valence-corrected chi connectivity index (χ1v) is 20.5. The van der Waals surface area contributed by atoms with Crippen LogP contribution in [0.5, 0.6) is 0 Å². The largest absolute Gasteiger partial charge is 0.481 e. The maximum atomic E-state index is 13.7. The van der Waals surface area contributed by atoms with Gasteiger partial charge in [0.25, 0.3) is 0 Å². The van der Waals surface area contributed by atoms with Crippen LogP contribution in [-0.4, -0.2) is 160 Å². The number of aliphatic hydroxyl groups excluding tert-OH is 1. The van der Waals surface area contributed by atoms with Gasteiger partial charge in [-0.1, -0.05) is 13.8 Å². The molecular formula is C35H61N11O12S. The second-order valence-corrected chi connectivity index (χ2v) is 15.3. The maximum Gasteiger partial charge on any atom is 0.326 e. The van der Waals surface area contributed by atoms with Crippen molar-refractivity contribution >= 4 is 71.0 Å². The second-order valence-electron chi connectivity index (χ2n) is 14.3. The number of hydrogen-bond acceptors (Lipinski definition) is 13. The first-order valence-electron chi connectivity index (χ1n) is 19.1. The van der Waals surface area contributed by atoms with Crippen LogP contribution in [0.2, 0.25) is 0 Å². The molecule has 0 saturated carbocycles. The van der Waals surface area contributed by atoms with E-state index in [9.17, 15) is 53.4 Å². The predicted octanol–water partition coefficient (Wildman–Crippen LogP) is -4.34. The van der Waals surface area contributed by atoms with E-state index < -0.39 is 115 Å². The third-order valence-electron chi connectivity index (χ3n) is 9.24. The number of guanidine groups is 1. The monoisotopic (exact) mass is 859 g/mol. The van der Waals surface area contributed by atoms with E-state index in [1.165, 1.54) is 30.5 Å². The van der Waals surface area contributed by atoms with Gasteiger partial charge in [0.15, 0.2) is 5.96 Å². The van der Waals surface area contributed by atoms with Gasteiger partial charge in [0, 0.05) is 19.5 Å². The molecule has 0 aromatic heterocycles. The molecule has 0 radical (unpaired) electrons. The van der Waals surface area contributed by atoms with Crippen LogP contribution in [0.25, 0.3) is 0 Å².